The van der Waals surface area contributed by atoms with Gasteiger partial charge in [0.25, 0.3) is 0 Å². The molecule has 0 spiro atoms. The lowest BCUT2D eigenvalue weighted by Gasteiger charge is -2.34. The molecule has 1 atom stereocenters. The van der Waals surface area contributed by atoms with Crippen molar-refractivity contribution >= 4 is 17.5 Å². The molecule has 0 saturated heterocycles. The summed E-state index contributed by atoms with van der Waals surface area (Å²) >= 11 is 0. The number of carbonyl (C=O) groups excluding carboxylic acids is 2. The van der Waals surface area contributed by atoms with E-state index in [2.05, 4.69) is 10.6 Å². The molecule has 5 nitrogen and oxygen atoms in total. The van der Waals surface area contributed by atoms with Crippen molar-refractivity contribution in [3.8, 4) is 0 Å². The Morgan fingerprint density at radius 2 is 1.92 bits per heavy atom. The quantitative estimate of drug-likeness (QED) is 0.748. The summed E-state index contributed by atoms with van der Waals surface area (Å²) in [5, 5.41) is 15.7. The molecule has 0 heterocycles. The van der Waals surface area contributed by atoms with Crippen LogP contribution in [0.25, 0.3) is 0 Å². The minimum Gasteiger partial charge on any atom is -0.383 e. The topological polar surface area (TPSA) is 78.4 Å². The van der Waals surface area contributed by atoms with Crippen LogP contribution in [0.15, 0.2) is 48.5 Å². The Hall–Kier alpha value is -2.73. The molecule has 1 unspecified atom stereocenters. The maximum Gasteiger partial charge on any atom is 0.313 e. The Labute approximate surface area is 144 Å². The Kier molecular flexibility index (Phi) is 4.81. The fraction of sp³-hybridized carbons (Fsp3) is 0.263. The molecule has 3 N–H and O–H groups in total. The van der Waals surface area contributed by atoms with Crippen molar-refractivity contribution in [1.29, 1.82) is 0 Å². The van der Waals surface area contributed by atoms with Crippen LogP contribution in [0.2, 0.25) is 0 Å². The summed E-state index contributed by atoms with van der Waals surface area (Å²) in [5.41, 5.74) is 0.840. The first kappa shape index (κ1) is 17.1. The molecule has 0 fully saturated rings. The number of halogens is 1. The van der Waals surface area contributed by atoms with Crippen LogP contribution in [-0.4, -0.2) is 23.5 Å². The highest BCUT2D eigenvalue weighted by Crippen LogP contribution is 2.34. The van der Waals surface area contributed by atoms with Gasteiger partial charge in [0.2, 0.25) is 0 Å². The summed E-state index contributed by atoms with van der Waals surface area (Å²) < 4.78 is 13.1. The Morgan fingerprint density at radius 3 is 2.72 bits per heavy atom. The molecule has 0 aromatic heterocycles. The van der Waals surface area contributed by atoms with Crippen molar-refractivity contribution in [2.75, 3.05) is 11.9 Å². The highest BCUT2D eigenvalue weighted by atomic mass is 19.1. The maximum absolute atomic E-state index is 13.1. The second-order valence-electron chi connectivity index (χ2n) is 6.19. The lowest BCUT2D eigenvalue weighted by atomic mass is 9.79. The van der Waals surface area contributed by atoms with Gasteiger partial charge in [-0.2, -0.15) is 0 Å². The fourth-order valence-electron chi connectivity index (χ4n) is 3.14. The number of carbonyl (C=O) groups is 2. The van der Waals surface area contributed by atoms with Crippen LogP contribution in [0.5, 0.6) is 0 Å². The summed E-state index contributed by atoms with van der Waals surface area (Å²) in [7, 11) is 0. The standard InChI is InChI=1S/C19H19FN2O3/c20-14-7-3-8-15(11-14)22-18(24)17(23)21-12-19(25)10-4-6-13-5-1-2-9-16(13)19/h1-3,5,7-9,11,25H,4,6,10,12H2,(H,21,23)(H,22,24). The second-order valence-corrected chi connectivity index (χ2v) is 6.19. The zero-order valence-corrected chi connectivity index (χ0v) is 13.6. The number of anilines is 1. The average Bonchev–Trinajstić information content (AvgIpc) is 2.60. The van der Waals surface area contributed by atoms with Crippen LogP contribution >= 0.6 is 0 Å². The van der Waals surface area contributed by atoms with Gasteiger partial charge in [0.05, 0.1) is 6.54 Å². The average molecular weight is 342 g/mol. The van der Waals surface area contributed by atoms with Gasteiger partial charge in [-0.05, 0) is 48.6 Å². The van der Waals surface area contributed by atoms with Crippen LogP contribution in [-0.2, 0) is 21.6 Å². The third-order valence-corrected chi connectivity index (χ3v) is 4.39. The maximum atomic E-state index is 13.1. The summed E-state index contributed by atoms with van der Waals surface area (Å²) in [6.45, 7) is -0.0561. The van der Waals surface area contributed by atoms with Crippen molar-refractivity contribution in [1.82, 2.24) is 5.32 Å². The lowest BCUT2D eigenvalue weighted by molar-refractivity contribution is -0.137. The van der Waals surface area contributed by atoms with Crippen molar-refractivity contribution in [3.63, 3.8) is 0 Å². The first-order valence-corrected chi connectivity index (χ1v) is 8.13. The second kappa shape index (κ2) is 7.03. The molecular formula is C19H19FN2O3. The fourth-order valence-corrected chi connectivity index (χ4v) is 3.14. The first-order valence-electron chi connectivity index (χ1n) is 8.13. The number of benzene rings is 2. The zero-order chi connectivity index (χ0) is 17.9. The molecule has 6 heteroatoms. The number of nitrogens with one attached hydrogen (secondary N) is 2. The van der Waals surface area contributed by atoms with Crippen molar-refractivity contribution < 1.29 is 19.1 Å². The van der Waals surface area contributed by atoms with Gasteiger partial charge < -0.3 is 15.7 Å². The Balaban J connectivity index is 1.63. The predicted molar refractivity (Wildman–Crippen MR) is 91.3 cm³/mol. The number of aliphatic hydroxyl groups is 1. The number of hydrogen-bond acceptors (Lipinski definition) is 3. The van der Waals surface area contributed by atoms with E-state index in [1.165, 1.54) is 18.2 Å². The van der Waals surface area contributed by atoms with E-state index in [0.29, 0.717) is 6.42 Å². The third kappa shape index (κ3) is 3.85. The molecule has 0 aliphatic heterocycles. The van der Waals surface area contributed by atoms with Gasteiger partial charge >= 0.3 is 11.8 Å². The molecule has 0 radical (unpaired) electrons. The summed E-state index contributed by atoms with van der Waals surface area (Å²) in [5.74, 6) is -2.29. The number of amides is 2. The van der Waals surface area contributed by atoms with Crippen molar-refractivity contribution in [2.24, 2.45) is 0 Å². The summed E-state index contributed by atoms with van der Waals surface area (Å²) in [6.07, 6.45) is 2.20. The molecule has 2 aromatic rings. The monoisotopic (exact) mass is 342 g/mol. The normalized spacial score (nSPS) is 19.0. The lowest BCUT2D eigenvalue weighted by Crippen LogP contribution is -2.46. The highest BCUT2D eigenvalue weighted by Gasteiger charge is 2.34. The molecule has 2 amide bonds. The SMILES string of the molecule is O=C(NCC1(O)CCCc2ccccc21)C(=O)Nc1cccc(F)c1. The number of aryl methyl sites for hydroxylation is 1. The first-order chi connectivity index (χ1) is 12.0. The Bertz CT molecular complexity index is 809. The predicted octanol–water partition coefficient (Wildman–Crippen LogP) is 2.10. The van der Waals surface area contributed by atoms with Gasteiger partial charge in [-0.25, -0.2) is 4.39 Å². The number of hydrogen-bond donors (Lipinski definition) is 3. The molecule has 2 aromatic carbocycles. The van der Waals surface area contributed by atoms with Gasteiger partial charge in [-0.15, -0.1) is 0 Å². The molecule has 3 rings (SSSR count). The van der Waals surface area contributed by atoms with Gasteiger partial charge in [-0.1, -0.05) is 30.3 Å². The molecule has 1 aliphatic carbocycles. The zero-order valence-electron chi connectivity index (χ0n) is 13.6. The summed E-state index contributed by atoms with van der Waals surface area (Å²) in [6, 6.07) is 12.8. The largest absolute Gasteiger partial charge is 0.383 e. The van der Waals surface area contributed by atoms with Gasteiger partial charge in [-0.3, -0.25) is 9.59 Å². The van der Waals surface area contributed by atoms with E-state index in [1.54, 1.807) is 0 Å². The van der Waals surface area contributed by atoms with E-state index < -0.39 is 23.2 Å². The Morgan fingerprint density at radius 1 is 1.12 bits per heavy atom. The smallest absolute Gasteiger partial charge is 0.313 e. The van der Waals surface area contributed by atoms with Crippen LogP contribution in [0.1, 0.15) is 24.0 Å². The van der Waals surface area contributed by atoms with E-state index in [4.69, 9.17) is 0 Å². The van der Waals surface area contributed by atoms with E-state index in [0.717, 1.165) is 30.0 Å². The number of rotatable bonds is 3. The minimum atomic E-state index is -1.19. The van der Waals surface area contributed by atoms with Crippen LogP contribution < -0.4 is 10.6 Å². The highest BCUT2D eigenvalue weighted by molar-refractivity contribution is 6.39. The molecule has 130 valence electrons. The van der Waals surface area contributed by atoms with Crippen molar-refractivity contribution in [2.45, 2.75) is 24.9 Å². The molecule has 0 bridgehead atoms. The molecule has 25 heavy (non-hydrogen) atoms. The van der Waals surface area contributed by atoms with Crippen LogP contribution in [0.3, 0.4) is 0 Å². The minimum absolute atomic E-state index is 0.0561. The summed E-state index contributed by atoms with van der Waals surface area (Å²) in [4.78, 5) is 23.9. The van der Waals surface area contributed by atoms with Gasteiger partial charge in [0.1, 0.15) is 11.4 Å². The van der Waals surface area contributed by atoms with Gasteiger partial charge in [0, 0.05) is 5.69 Å². The third-order valence-electron chi connectivity index (χ3n) is 4.39. The molecule has 0 saturated carbocycles. The van der Waals surface area contributed by atoms with E-state index in [1.807, 2.05) is 24.3 Å². The van der Waals surface area contributed by atoms with Crippen molar-refractivity contribution in [3.05, 3.63) is 65.5 Å². The van der Waals surface area contributed by atoms with Crippen LogP contribution in [0.4, 0.5) is 10.1 Å². The molecular weight excluding hydrogens is 323 g/mol. The van der Waals surface area contributed by atoms with E-state index >= 15 is 0 Å². The number of fused-ring (bicyclic) bond motifs is 1. The van der Waals surface area contributed by atoms with E-state index in [9.17, 15) is 19.1 Å². The van der Waals surface area contributed by atoms with E-state index in [-0.39, 0.29) is 12.2 Å². The molecule has 1 aliphatic rings. The van der Waals surface area contributed by atoms with Gasteiger partial charge in [0.15, 0.2) is 0 Å². The van der Waals surface area contributed by atoms with Crippen LogP contribution in [0, 0.1) is 5.82 Å².